The van der Waals surface area contributed by atoms with E-state index >= 15 is 0 Å². The van der Waals surface area contributed by atoms with E-state index in [4.69, 9.17) is 0 Å². The van der Waals surface area contributed by atoms with E-state index in [0.717, 1.165) is 23.7 Å². The minimum absolute atomic E-state index is 0.118. The number of hydrogen-bond donors (Lipinski definition) is 0. The van der Waals surface area contributed by atoms with Crippen LogP contribution in [-0.4, -0.2) is 0 Å². The van der Waals surface area contributed by atoms with E-state index in [2.05, 4.69) is 196 Å². The van der Waals surface area contributed by atoms with Crippen molar-refractivity contribution in [3.05, 3.63) is 186 Å². The fourth-order valence-corrected chi connectivity index (χ4v) is 14.8. The van der Waals surface area contributed by atoms with Gasteiger partial charge in [0, 0.05) is 22.5 Å². The fourth-order valence-electron chi connectivity index (χ4n) is 14.8. The maximum atomic E-state index is 2.63. The maximum absolute atomic E-state index is 2.63. The molecule has 6 atom stereocenters. The van der Waals surface area contributed by atoms with Crippen LogP contribution in [0.5, 0.6) is 0 Å². The molecule has 1 nitrogen and oxygen atoms in total. The van der Waals surface area contributed by atoms with E-state index in [9.17, 15) is 0 Å². The highest BCUT2D eigenvalue weighted by molar-refractivity contribution is 5.87. The first kappa shape index (κ1) is 36.0. The normalized spacial score (nSPS) is 27.3. The van der Waals surface area contributed by atoms with E-state index in [0.29, 0.717) is 5.41 Å². The molecule has 2 bridgehead atoms. The van der Waals surface area contributed by atoms with Crippen LogP contribution in [0.2, 0.25) is 0 Å². The molecule has 0 amide bonds. The zero-order chi connectivity index (χ0) is 40.9. The number of rotatable bonds is 6. The van der Waals surface area contributed by atoms with Crippen molar-refractivity contribution >= 4 is 17.1 Å². The zero-order valence-corrected chi connectivity index (χ0v) is 36.1. The Morgan fingerprint density at radius 2 is 0.967 bits per heavy atom. The Bertz CT molecular complexity index is 2900. The standard InChI is InChI=1S/C60H55N/c1-57(2)29-30-58(3,4)54-36-48(26-28-52(54)57)61(46-22-17-40(18-23-46)43-14-10-13-42(33-43)39-11-6-5-7-12-39)47-24-19-41(20-25-47)44-21-27-50-49-15-8-9-16-51(49)60(53(50)34-44)55-32-38-31-45-35-56(60)59(45,55)37-38/h5-28,33-34,36,38,45,55-56H,29-32,35,37H2,1-4H3. The van der Waals surface area contributed by atoms with Crippen LogP contribution in [0, 0.1) is 29.1 Å². The summed E-state index contributed by atoms with van der Waals surface area (Å²) < 4.78 is 0. The molecule has 0 N–H and O–H groups in total. The van der Waals surface area contributed by atoms with Crippen LogP contribution < -0.4 is 4.90 Å². The van der Waals surface area contributed by atoms with Crippen molar-refractivity contribution in [2.24, 2.45) is 29.1 Å². The summed E-state index contributed by atoms with van der Waals surface area (Å²) in [6.07, 6.45) is 8.30. The summed E-state index contributed by atoms with van der Waals surface area (Å²) in [7, 11) is 0. The second-order valence-electron chi connectivity index (χ2n) is 21.2. The summed E-state index contributed by atoms with van der Waals surface area (Å²) in [5.74, 6) is 3.60. The van der Waals surface area contributed by atoms with Crippen LogP contribution in [0.25, 0.3) is 44.5 Å². The third kappa shape index (κ3) is 4.84. The van der Waals surface area contributed by atoms with Crippen LogP contribution in [0.3, 0.4) is 0 Å². The van der Waals surface area contributed by atoms with Crippen LogP contribution in [0.15, 0.2) is 164 Å². The van der Waals surface area contributed by atoms with Gasteiger partial charge in [-0.05, 0) is 194 Å². The Kier molecular flexibility index (Phi) is 7.37. The smallest absolute Gasteiger partial charge is 0.0464 e. The highest BCUT2D eigenvalue weighted by atomic mass is 15.1. The molecule has 6 aliphatic carbocycles. The third-order valence-corrected chi connectivity index (χ3v) is 17.6. The first-order valence-corrected chi connectivity index (χ1v) is 23.2. The third-order valence-electron chi connectivity index (χ3n) is 17.6. The number of anilines is 3. The fraction of sp³-hybridized carbons (Fsp3) is 0.300. The van der Waals surface area contributed by atoms with Gasteiger partial charge in [0.15, 0.2) is 0 Å². The van der Waals surface area contributed by atoms with Gasteiger partial charge in [-0.25, -0.2) is 0 Å². The lowest BCUT2D eigenvalue weighted by Gasteiger charge is -2.76. The highest BCUT2D eigenvalue weighted by Gasteiger charge is 2.84. The van der Waals surface area contributed by atoms with Crippen LogP contribution >= 0.6 is 0 Å². The molecular formula is C60H55N. The van der Waals surface area contributed by atoms with Crippen molar-refractivity contribution in [1.82, 2.24) is 0 Å². The van der Waals surface area contributed by atoms with Gasteiger partial charge in [0.1, 0.15) is 0 Å². The predicted molar refractivity (Wildman–Crippen MR) is 254 cm³/mol. The van der Waals surface area contributed by atoms with Crippen molar-refractivity contribution in [1.29, 1.82) is 0 Å². The van der Waals surface area contributed by atoms with E-state index < -0.39 is 0 Å². The van der Waals surface area contributed by atoms with Gasteiger partial charge in [0.05, 0.1) is 0 Å². The lowest BCUT2D eigenvalue weighted by molar-refractivity contribution is -0.231. The number of fused-ring (bicyclic) bond motifs is 9. The monoisotopic (exact) mass is 789 g/mol. The molecule has 13 rings (SSSR count). The summed E-state index contributed by atoms with van der Waals surface area (Å²) in [4.78, 5) is 2.48. The van der Waals surface area contributed by atoms with E-state index in [1.165, 1.54) is 111 Å². The SMILES string of the molecule is CC1(C)CCC(C)(C)c2cc(N(c3ccc(-c4cccc(-c5ccccc5)c4)cc3)c3ccc(-c4ccc5c(c4)C4(c6ccccc6-5)C5CC6CC7CC4C75C6)cc3)ccc21. The van der Waals surface area contributed by atoms with Gasteiger partial charge >= 0.3 is 0 Å². The van der Waals surface area contributed by atoms with Crippen molar-refractivity contribution in [2.45, 2.75) is 82.5 Å². The molecule has 4 fully saturated rings. The quantitative estimate of drug-likeness (QED) is 0.162. The minimum Gasteiger partial charge on any atom is -0.310 e. The molecule has 6 unspecified atom stereocenters. The summed E-state index contributed by atoms with van der Waals surface area (Å²) in [6, 6.07) is 62.7. The summed E-state index contributed by atoms with van der Waals surface area (Å²) in [5, 5.41) is 0. The second kappa shape index (κ2) is 12.5. The van der Waals surface area contributed by atoms with Crippen LogP contribution in [-0.2, 0) is 16.2 Å². The van der Waals surface area contributed by atoms with E-state index in [1.54, 1.807) is 11.1 Å². The van der Waals surface area contributed by atoms with Crippen LogP contribution in [0.4, 0.5) is 17.1 Å². The Morgan fingerprint density at radius 1 is 0.410 bits per heavy atom. The molecule has 0 radical (unpaired) electrons. The molecule has 300 valence electrons. The average Bonchev–Trinajstić information content (AvgIpc) is 3.93. The molecule has 4 saturated carbocycles. The molecule has 2 spiro atoms. The van der Waals surface area contributed by atoms with Gasteiger partial charge in [-0.1, -0.05) is 143 Å². The van der Waals surface area contributed by atoms with Gasteiger partial charge < -0.3 is 4.90 Å². The summed E-state index contributed by atoms with van der Waals surface area (Å²) in [5.41, 5.74) is 21.6. The molecule has 0 heterocycles. The van der Waals surface area contributed by atoms with E-state index in [-0.39, 0.29) is 16.2 Å². The molecule has 0 aliphatic heterocycles. The van der Waals surface area contributed by atoms with E-state index in [1.807, 2.05) is 0 Å². The first-order valence-electron chi connectivity index (χ1n) is 23.2. The second-order valence-corrected chi connectivity index (χ2v) is 21.2. The minimum atomic E-state index is 0.118. The molecule has 7 aromatic carbocycles. The first-order chi connectivity index (χ1) is 29.6. The molecule has 61 heavy (non-hydrogen) atoms. The Hall–Kier alpha value is -5.66. The van der Waals surface area contributed by atoms with Gasteiger partial charge in [-0.2, -0.15) is 0 Å². The van der Waals surface area contributed by atoms with Crippen molar-refractivity contribution in [2.75, 3.05) is 4.90 Å². The topological polar surface area (TPSA) is 3.24 Å². The Labute approximate surface area is 362 Å². The Balaban J connectivity index is 0.887. The molecule has 7 aromatic rings. The summed E-state index contributed by atoms with van der Waals surface area (Å²) in [6.45, 7) is 9.72. The number of hydrogen-bond acceptors (Lipinski definition) is 1. The maximum Gasteiger partial charge on any atom is 0.0464 e. The number of nitrogens with zero attached hydrogens (tertiary/aromatic N) is 1. The van der Waals surface area contributed by atoms with Gasteiger partial charge in [0.25, 0.3) is 0 Å². The predicted octanol–water partition coefficient (Wildman–Crippen LogP) is 15.8. The van der Waals surface area contributed by atoms with Crippen LogP contribution in [0.1, 0.15) is 88.5 Å². The Morgan fingerprint density at radius 3 is 1.67 bits per heavy atom. The molecule has 6 aliphatic rings. The molecule has 0 saturated heterocycles. The van der Waals surface area contributed by atoms with Crippen molar-refractivity contribution in [3.8, 4) is 44.5 Å². The lowest BCUT2D eigenvalue weighted by atomic mass is 9.27. The van der Waals surface area contributed by atoms with Crippen molar-refractivity contribution in [3.63, 3.8) is 0 Å². The van der Waals surface area contributed by atoms with Crippen molar-refractivity contribution < 1.29 is 0 Å². The number of benzene rings is 7. The molecular weight excluding hydrogens is 735 g/mol. The average molecular weight is 790 g/mol. The molecule has 1 heteroatoms. The summed E-state index contributed by atoms with van der Waals surface area (Å²) >= 11 is 0. The highest BCUT2D eigenvalue weighted by Crippen LogP contribution is 2.89. The van der Waals surface area contributed by atoms with Gasteiger partial charge in [-0.15, -0.1) is 0 Å². The lowest BCUT2D eigenvalue weighted by Crippen LogP contribution is -2.73. The zero-order valence-electron chi connectivity index (χ0n) is 36.1. The largest absolute Gasteiger partial charge is 0.310 e. The van der Waals surface area contributed by atoms with Gasteiger partial charge in [0.2, 0.25) is 0 Å². The van der Waals surface area contributed by atoms with Gasteiger partial charge in [-0.3, -0.25) is 0 Å². The molecule has 0 aromatic heterocycles.